The van der Waals surface area contributed by atoms with E-state index in [4.69, 9.17) is 0 Å². The molecule has 1 aliphatic rings. The maximum atomic E-state index is 12.3. The Bertz CT molecular complexity index is 471. The molecule has 0 aromatic heterocycles. The van der Waals surface area contributed by atoms with E-state index in [1.54, 1.807) is 6.07 Å². The van der Waals surface area contributed by atoms with E-state index in [-0.39, 0.29) is 12.5 Å². The molecule has 0 atom stereocenters. The van der Waals surface area contributed by atoms with Crippen LogP contribution in [0.25, 0.3) is 0 Å². The number of hydrogen-bond donors (Lipinski definition) is 2. The number of amides is 1. The Hall–Kier alpha value is -0.390. The second-order valence-corrected chi connectivity index (χ2v) is 6.85. The molecule has 1 aromatic rings. The average molecular weight is 391 g/mol. The molecule has 0 bridgehead atoms. The molecule has 0 heterocycles. The van der Waals surface area contributed by atoms with Gasteiger partial charge in [0.15, 0.2) is 0 Å². The molecule has 104 valence electrons. The first-order chi connectivity index (χ1) is 9.06. The summed E-state index contributed by atoms with van der Waals surface area (Å²) in [5, 5.41) is 12.6. The summed E-state index contributed by atoms with van der Waals surface area (Å²) in [4.78, 5) is 12.3. The maximum absolute atomic E-state index is 12.3. The second kappa shape index (κ2) is 6.37. The molecular formula is C14H17Br2NO2. The van der Waals surface area contributed by atoms with Gasteiger partial charge in [0.05, 0.1) is 17.7 Å². The SMILES string of the molecule is O=C(NC1(CO)CCCCC1)c1ccc(Br)cc1Br. The molecular weight excluding hydrogens is 374 g/mol. The van der Waals surface area contributed by atoms with Gasteiger partial charge in [0.25, 0.3) is 5.91 Å². The highest BCUT2D eigenvalue weighted by Crippen LogP contribution is 2.29. The number of nitrogens with one attached hydrogen (secondary N) is 1. The van der Waals surface area contributed by atoms with Crippen molar-refractivity contribution in [3.8, 4) is 0 Å². The van der Waals surface area contributed by atoms with Crippen LogP contribution in [0.5, 0.6) is 0 Å². The lowest BCUT2D eigenvalue weighted by Gasteiger charge is -2.36. The van der Waals surface area contributed by atoms with Crippen molar-refractivity contribution in [1.29, 1.82) is 0 Å². The Labute approximate surface area is 130 Å². The molecule has 0 unspecified atom stereocenters. The highest BCUT2D eigenvalue weighted by molar-refractivity contribution is 9.11. The van der Waals surface area contributed by atoms with E-state index in [1.807, 2.05) is 12.1 Å². The van der Waals surface area contributed by atoms with Crippen LogP contribution in [0.2, 0.25) is 0 Å². The van der Waals surface area contributed by atoms with Gasteiger partial charge < -0.3 is 10.4 Å². The lowest BCUT2D eigenvalue weighted by molar-refractivity contribution is 0.0758. The Kier molecular flexibility index (Phi) is 5.03. The number of benzene rings is 1. The van der Waals surface area contributed by atoms with Crippen LogP contribution in [0.15, 0.2) is 27.1 Å². The molecule has 2 N–H and O–H groups in total. The summed E-state index contributed by atoms with van der Waals surface area (Å²) in [7, 11) is 0. The highest BCUT2D eigenvalue weighted by atomic mass is 79.9. The zero-order valence-corrected chi connectivity index (χ0v) is 13.8. The monoisotopic (exact) mass is 389 g/mol. The molecule has 5 heteroatoms. The molecule has 1 amide bonds. The first-order valence-electron chi connectivity index (χ1n) is 6.45. The maximum Gasteiger partial charge on any atom is 0.252 e. The fourth-order valence-electron chi connectivity index (χ4n) is 2.53. The van der Waals surface area contributed by atoms with Crippen molar-refractivity contribution in [3.05, 3.63) is 32.7 Å². The van der Waals surface area contributed by atoms with E-state index in [0.29, 0.717) is 5.56 Å². The van der Waals surface area contributed by atoms with Crippen molar-refractivity contribution in [2.45, 2.75) is 37.6 Å². The van der Waals surface area contributed by atoms with Gasteiger partial charge in [-0.1, -0.05) is 35.2 Å². The van der Waals surface area contributed by atoms with Crippen LogP contribution in [0.3, 0.4) is 0 Å². The van der Waals surface area contributed by atoms with E-state index in [0.717, 1.165) is 34.6 Å². The fourth-order valence-corrected chi connectivity index (χ4v) is 3.76. The Balaban J connectivity index is 2.15. The van der Waals surface area contributed by atoms with Crippen molar-refractivity contribution in [2.75, 3.05) is 6.61 Å². The topological polar surface area (TPSA) is 49.3 Å². The average Bonchev–Trinajstić information content (AvgIpc) is 2.39. The fraction of sp³-hybridized carbons (Fsp3) is 0.500. The van der Waals surface area contributed by atoms with Gasteiger partial charge in [-0.3, -0.25) is 4.79 Å². The minimum atomic E-state index is -0.443. The van der Waals surface area contributed by atoms with E-state index in [2.05, 4.69) is 37.2 Å². The molecule has 1 aromatic carbocycles. The van der Waals surface area contributed by atoms with Gasteiger partial charge in [-0.2, -0.15) is 0 Å². The molecule has 0 radical (unpaired) electrons. The summed E-state index contributed by atoms with van der Waals surface area (Å²) < 4.78 is 1.67. The van der Waals surface area contributed by atoms with Gasteiger partial charge in [-0.25, -0.2) is 0 Å². The van der Waals surface area contributed by atoms with Gasteiger partial charge in [-0.15, -0.1) is 0 Å². The number of rotatable bonds is 3. The van der Waals surface area contributed by atoms with Gasteiger partial charge >= 0.3 is 0 Å². The van der Waals surface area contributed by atoms with Crippen molar-refractivity contribution < 1.29 is 9.90 Å². The summed E-state index contributed by atoms with van der Waals surface area (Å²) >= 11 is 6.77. The summed E-state index contributed by atoms with van der Waals surface area (Å²) in [6.07, 6.45) is 5.00. The second-order valence-electron chi connectivity index (χ2n) is 5.08. The van der Waals surface area contributed by atoms with Crippen LogP contribution in [-0.4, -0.2) is 23.2 Å². The standard InChI is InChI=1S/C14H17Br2NO2/c15-10-4-5-11(12(16)8-10)13(19)17-14(9-18)6-2-1-3-7-14/h4-5,8,18H,1-3,6-7,9H2,(H,17,19). The molecule has 0 aliphatic heterocycles. The molecule has 1 saturated carbocycles. The first kappa shape index (κ1) is 15.0. The minimum absolute atomic E-state index is 0.00683. The zero-order chi connectivity index (χ0) is 13.9. The molecule has 1 fully saturated rings. The van der Waals surface area contributed by atoms with Gasteiger partial charge in [0.2, 0.25) is 0 Å². The lowest BCUT2D eigenvalue weighted by Crippen LogP contribution is -2.52. The quantitative estimate of drug-likeness (QED) is 0.827. The number of aliphatic hydroxyl groups is 1. The molecule has 0 spiro atoms. The largest absolute Gasteiger partial charge is 0.394 e. The summed E-state index contributed by atoms with van der Waals surface area (Å²) in [6, 6.07) is 5.46. The minimum Gasteiger partial charge on any atom is -0.394 e. The molecule has 3 nitrogen and oxygen atoms in total. The van der Waals surface area contributed by atoms with E-state index in [9.17, 15) is 9.90 Å². The third kappa shape index (κ3) is 3.58. The highest BCUT2D eigenvalue weighted by Gasteiger charge is 2.33. The van der Waals surface area contributed by atoms with E-state index >= 15 is 0 Å². The van der Waals surface area contributed by atoms with Crippen LogP contribution in [-0.2, 0) is 0 Å². The predicted octanol–water partition coefficient (Wildman–Crippen LogP) is 3.64. The summed E-state index contributed by atoms with van der Waals surface area (Å²) in [5.74, 6) is -0.129. The number of carbonyl (C=O) groups is 1. The van der Waals surface area contributed by atoms with Crippen LogP contribution < -0.4 is 5.32 Å². The third-order valence-corrected chi connectivity index (χ3v) is 4.82. The van der Waals surface area contributed by atoms with Crippen LogP contribution in [0.1, 0.15) is 42.5 Å². The smallest absolute Gasteiger partial charge is 0.252 e. The third-order valence-electron chi connectivity index (χ3n) is 3.67. The van der Waals surface area contributed by atoms with Crippen LogP contribution in [0, 0.1) is 0 Å². The zero-order valence-electron chi connectivity index (χ0n) is 10.6. The molecule has 19 heavy (non-hydrogen) atoms. The Morgan fingerprint density at radius 1 is 1.26 bits per heavy atom. The Morgan fingerprint density at radius 2 is 1.95 bits per heavy atom. The molecule has 0 saturated heterocycles. The predicted molar refractivity (Wildman–Crippen MR) is 82.2 cm³/mol. The van der Waals surface area contributed by atoms with Crippen molar-refractivity contribution >= 4 is 37.8 Å². The molecule has 2 rings (SSSR count). The number of aliphatic hydroxyl groups excluding tert-OH is 1. The lowest BCUT2D eigenvalue weighted by atomic mass is 9.82. The Morgan fingerprint density at radius 3 is 2.53 bits per heavy atom. The summed E-state index contributed by atoms with van der Waals surface area (Å²) in [6.45, 7) is 0.00683. The van der Waals surface area contributed by atoms with Crippen LogP contribution >= 0.6 is 31.9 Å². The van der Waals surface area contributed by atoms with Gasteiger partial charge in [-0.05, 0) is 47.0 Å². The number of carbonyl (C=O) groups excluding carboxylic acids is 1. The summed E-state index contributed by atoms with van der Waals surface area (Å²) in [5.41, 5.74) is 0.156. The number of halogens is 2. The van der Waals surface area contributed by atoms with Gasteiger partial charge in [0.1, 0.15) is 0 Å². The van der Waals surface area contributed by atoms with E-state index in [1.165, 1.54) is 6.42 Å². The normalized spacial score (nSPS) is 18.1. The van der Waals surface area contributed by atoms with E-state index < -0.39 is 5.54 Å². The van der Waals surface area contributed by atoms with Gasteiger partial charge in [0, 0.05) is 8.95 Å². The van der Waals surface area contributed by atoms with Crippen molar-refractivity contribution in [1.82, 2.24) is 5.32 Å². The van der Waals surface area contributed by atoms with Crippen molar-refractivity contribution in [2.24, 2.45) is 0 Å². The van der Waals surface area contributed by atoms with Crippen molar-refractivity contribution in [3.63, 3.8) is 0 Å². The molecule has 1 aliphatic carbocycles. The van der Waals surface area contributed by atoms with Crippen LogP contribution in [0.4, 0.5) is 0 Å². The first-order valence-corrected chi connectivity index (χ1v) is 8.03. The number of hydrogen-bond acceptors (Lipinski definition) is 2.